The minimum absolute atomic E-state index is 0.0565. The fourth-order valence-electron chi connectivity index (χ4n) is 1.31. The number of hydrogen-bond acceptors (Lipinski definition) is 4. The molecule has 1 unspecified atom stereocenters. The maximum Gasteiger partial charge on any atom is 0.157 e. The number of nitrogens with one attached hydrogen (secondary N) is 1. The molecule has 0 aromatic rings. The number of hydrogen-bond donors (Lipinski definition) is 2. The Morgan fingerprint density at radius 3 is 2.62 bits per heavy atom. The average Bonchev–Trinajstić information content (AvgIpc) is 2.09. The third-order valence-electron chi connectivity index (χ3n) is 2.04. The van der Waals surface area contributed by atoms with Crippen LogP contribution in [-0.4, -0.2) is 22.8 Å². The lowest BCUT2D eigenvalue weighted by Gasteiger charge is -2.14. The van der Waals surface area contributed by atoms with Gasteiger partial charge in [-0.15, -0.1) is 0 Å². The third kappa shape index (κ3) is 3.34. The van der Waals surface area contributed by atoms with E-state index in [1.165, 1.54) is 0 Å². The minimum atomic E-state index is -0.868. The van der Waals surface area contributed by atoms with Crippen LogP contribution in [0.4, 0.5) is 0 Å². The van der Waals surface area contributed by atoms with Crippen LogP contribution in [0.15, 0.2) is 4.99 Å². The van der Waals surface area contributed by atoms with E-state index < -0.39 is 6.23 Å². The quantitative estimate of drug-likeness (QED) is 0.669. The Morgan fingerprint density at radius 2 is 2.08 bits per heavy atom. The van der Waals surface area contributed by atoms with Crippen molar-refractivity contribution in [3.63, 3.8) is 0 Å². The fraction of sp³-hybridized carbons (Fsp3) is 0.667. The number of aliphatic imine (C=N–C) groups is 1. The Morgan fingerprint density at radius 1 is 1.46 bits per heavy atom. The van der Waals surface area contributed by atoms with Gasteiger partial charge < -0.3 is 10.5 Å². The highest BCUT2D eigenvalue weighted by atomic mass is 16.3. The second kappa shape index (κ2) is 4.73. The van der Waals surface area contributed by atoms with Gasteiger partial charge in [-0.05, 0) is 25.7 Å². The number of rotatable bonds is 2. The van der Waals surface area contributed by atoms with Crippen LogP contribution in [0.1, 0.15) is 32.1 Å². The molecule has 0 aromatic carbocycles. The lowest BCUT2D eigenvalue weighted by atomic mass is 9.96. The molecule has 1 rings (SSSR count). The zero-order valence-electron chi connectivity index (χ0n) is 7.45. The Kier molecular flexibility index (Phi) is 3.59. The van der Waals surface area contributed by atoms with Crippen molar-refractivity contribution in [3.05, 3.63) is 0 Å². The smallest absolute Gasteiger partial charge is 0.157 e. The topological polar surface area (TPSA) is 80.2 Å². The number of nitriles is 1. The third-order valence-corrected chi connectivity index (χ3v) is 2.04. The Labute approximate surface area is 77.4 Å². The molecule has 1 fully saturated rings. The van der Waals surface area contributed by atoms with Gasteiger partial charge in [0.2, 0.25) is 0 Å². The first-order valence-electron chi connectivity index (χ1n) is 4.39. The summed E-state index contributed by atoms with van der Waals surface area (Å²) < 4.78 is 0. The normalized spacial score (nSPS) is 19.4. The Hall–Kier alpha value is -1.21. The van der Waals surface area contributed by atoms with Gasteiger partial charge in [0, 0.05) is 11.4 Å². The molecule has 0 aromatic heterocycles. The van der Waals surface area contributed by atoms with E-state index in [0.717, 1.165) is 37.1 Å². The second-order valence-corrected chi connectivity index (χ2v) is 3.14. The van der Waals surface area contributed by atoms with E-state index in [2.05, 4.69) is 4.99 Å². The molecule has 0 spiro atoms. The van der Waals surface area contributed by atoms with Crippen LogP contribution >= 0.6 is 0 Å². The van der Waals surface area contributed by atoms with Crippen molar-refractivity contribution < 1.29 is 5.11 Å². The lowest BCUT2D eigenvalue weighted by molar-refractivity contribution is 0.189. The zero-order chi connectivity index (χ0) is 9.68. The van der Waals surface area contributed by atoms with Gasteiger partial charge in [0.15, 0.2) is 6.23 Å². The molecule has 1 aliphatic carbocycles. The molecule has 0 heterocycles. The summed E-state index contributed by atoms with van der Waals surface area (Å²) in [6.07, 6.45) is 2.21. The first-order chi connectivity index (χ1) is 6.22. The van der Waals surface area contributed by atoms with Gasteiger partial charge in [0.05, 0.1) is 12.5 Å². The summed E-state index contributed by atoms with van der Waals surface area (Å²) in [7, 11) is 0. The molecular weight excluding hydrogens is 166 g/mol. The zero-order valence-corrected chi connectivity index (χ0v) is 7.45. The largest absolute Gasteiger partial charge is 0.371 e. The molecule has 1 atom stereocenters. The van der Waals surface area contributed by atoms with Gasteiger partial charge in [-0.1, -0.05) is 0 Å². The van der Waals surface area contributed by atoms with Crippen LogP contribution in [0.3, 0.4) is 0 Å². The van der Waals surface area contributed by atoms with Gasteiger partial charge in [-0.2, -0.15) is 5.26 Å². The number of nitrogens with zero attached hydrogens (tertiary/aromatic N) is 2. The van der Waals surface area contributed by atoms with Crippen molar-refractivity contribution in [1.82, 2.24) is 0 Å². The average molecular weight is 179 g/mol. The Balaban J connectivity index is 2.44. The van der Waals surface area contributed by atoms with E-state index in [4.69, 9.17) is 10.7 Å². The standard InChI is InChI=1S/C9H13N3O/c10-6-5-9(13)12-8-3-1-7(11)2-4-8/h9,11,13H,1-5H2. The number of aliphatic hydroxyl groups excluding tert-OH is 1. The second-order valence-electron chi connectivity index (χ2n) is 3.14. The maximum atomic E-state index is 9.20. The summed E-state index contributed by atoms with van der Waals surface area (Å²) in [5.74, 6) is 0. The van der Waals surface area contributed by atoms with Crippen molar-refractivity contribution in [2.75, 3.05) is 0 Å². The first-order valence-corrected chi connectivity index (χ1v) is 4.39. The van der Waals surface area contributed by atoms with Gasteiger partial charge in [0.1, 0.15) is 0 Å². The molecule has 4 nitrogen and oxygen atoms in total. The molecule has 0 amide bonds. The Bertz CT molecular complexity index is 253. The van der Waals surface area contributed by atoms with Crippen LogP contribution in [0.2, 0.25) is 0 Å². The summed E-state index contributed by atoms with van der Waals surface area (Å²) in [6.45, 7) is 0. The van der Waals surface area contributed by atoms with E-state index in [1.807, 2.05) is 6.07 Å². The van der Waals surface area contributed by atoms with Crippen molar-refractivity contribution in [3.8, 4) is 6.07 Å². The minimum Gasteiger partial charge on any atom is -0.371 e. The van der Waals surface area contributed by atoms with E-state index in [1.54, 1.807) is 0 Å². The van der Waals surface area contributed by atoms with Crippen LogP contribution in [0.5, 0.6) is 0 Å². The molecule has 70 valence electrons. The first kappa shape index (κ1) is 9.87. The number of aliphatic hydroxyl groups is 1. The van der Waals surface area contributed by atoms with Crippen LogP contribution < -0.4 is 0 Å². The van der Waals surface area contributed by atoms with Gasteiger partial charge in [0.25, 0.3) is 0 Å². The van der Waals surface area contributed by atoms with Crippen LogP contribution in [-0.2, 0) is 0 Å². The highest BCUT2D eigenvalue weighted by Gasteiger charge is 2.12. The van der Waals surface area contributed by atoms with E-state index in [0.29, 0.717) is 0 Å². The molecular formula is C9H13N3O. The molecule has 1 aliphatic rings. The summed E-state index contributed by atoms with van der Waals surface area (Å²) in [6, 6.07) is 1.87. The molecule has 13 heavy (non-hydrogen) atoms. The monoisotopic (exact) mass is 179 g/mol. The van der Waals surface area contributed by atoms with Gasteiger partial charge in [-0.3, -0.25) is 4.99 Å². The predicted molar refractivity (Wildman–Crippen MR) is 49.9 cm³/mol. The molecule has 1 saturated carbocycles. The summed E-state index contributed by atoms with van der Waals surface area (Å²) in [5, 5.41) is 24.9. The van der Waals surface area contributed by atoms with Crippen molar-refractivity contribution >= 4 is 11.4 Å². The lowest BCUT2D eigenvalue weighted by Crippen LogP contribution is -2.15. The summed E-state index contributed by atoms with van der Waals surface area (Å²) in [5.41, 5.74) is 1.70. The van der Waals surface area contributed by atoms with E-state index in [-0.39, 0.29) is 6.42 Å². The van der Waals surface area contributed by atoms with Crippen molar-refractivity contribution in [2.45, 2.75) is 38.3 Å². The molecule has 2 N–H and O–H groups in total. The molecule has 0 saturated heterocycles. The van der Waals surface area contributed by atoms with Gasteiger partial charge in [-0.25, -0.2) is 0 Å². The van der Waals surface area contributed by atoms with Crippen LogP contribution in [0, 0.1) is 16.7 Å². The molecule has 0 radical (unpaired) electrons. The molecule has 0 aliphatic heterocycles. The SMILES string of the molecule is N#CCC(O)N=C1CCC(=N)CC1. The van der Waals surface area contributed by atoms with Crippen molar-refractivity contribution in [2.24, 2.45) is 4.99 Å². The predicted octanol–water partition coefficient (Wildman–Crippen LogP) is 1.25. The van der Waals surface area contributed by atoms with E-state index >= 15 is 0 Å². The van der Waals surface area contributed by atoms with Crippen molar-refractivity contribution in [1.29, 1.82) is 10.7 Å². The summed E-state index contributed by atoms with van der Waals surface area (Å²) >= 11 is 0. The molecule has 0 bridgehead atoms. The van der Waals surface area contributed by atoms with E-state index in [9.17, 15) is 5.11 Å². The summed E-state index contributed by atoms with van der Waals surface area (Å²) in [4.78, 5) is 4.01. The highest BCUT2D eigenvalue weighted by Crippen LogP contribution is 2.13. The maximum absolute atomic E-state index is 9.20. The van der Waals surface area contributed by atoms with Gasteiger partial charge >= 0.3 is 0 Å². The molecule has 4 heteroatoms. The van der Waals surface area contributed by atoms with Crippen LogP contribution in [0.25, 0.3) is 0 Å². The highest BCUT2D eigenvalue weighted by molar-refractivity contribution is 5.96. The fourth-order valence-corrected chi connectivity index (χ4v) is 1.31.